The molecule has 28 heavy (non-hydrogen) atoms. The van der Waals surface area contributed by atoms with E-state index < -0.39 is 0 Å². The lowest BCUT2D eigenvalue weighted by Crippen LogP contribution is -2.32. The molecule has 6 nitrogen and oxygen atoms in total. The van der Waals surface area contributed by atoms with Crippen LogP contribution in [0.15, 0.2) is 30.5 Å². The van der Waals surface area contributed by atoms with E-state index in [9.17, 15) is 4.79 Å². The monoisotopic (exact) mass is 398 g/mol. The zero-order chi connectivity index (χ0) is 19.7. The van der Waals surface area contributed by atoms with Crippen LogP contribution in [0.25, 0.3) is 16.9 Å². The molecule has 0 bridgehead atoms. The van der Waals surface area contributed by atoms with Crippen LogP contribution in [-0.4, -0.2) is 45.5 Å². The Morgan fingerprint density at radius 3 is 2.64 bits per heavy atom. The maximum absolute atomic E-state index is 13.1. The number of benzene rings is 1. The van der Waals surface area contributed by atoms with E-state index in [1.807, 2.05) is 28.5 Å². The normalized spacial score (nSPS) is 14.9. The van der Waals surface area contributed by atoms with Gasteiger partial charge in [-0.15, -0.1) is 0 Å². The van der Waals surface area contributed by atoms with E-state index in [2.05, 4.69) is 9.97 Å². The minimum atomic E-state index is -0.0301. The zero-order valence-corrected chi connectivity index (χ0v) is 16.9. The van der Waals surface area contributed by atoms with Gasteiger partial charge in [-0.3, -0.25) is 9.36 Å². The van der Waals surface area contributed by atoms with Gasteiger partial charge in [0.15, 0.2) is 5.65 Å². The highest BCUT2D eigenvalue weighted by Crippen LogP contribution is 2.33. The van der Waals surface area contributed by atoms with Crippen molar-refractivity contribution < 1.29 is 9.53 Å². The van der Waals surface area contributed by atoms with E-state index in [4.69, 9.17) is 16.3 Å². The molecule has 3 aromatic rings. The number of rotatable bonds is 3. The lowest BCUT2D eigenvalue weighted by Gasteiger charge is -2.22. The first-order chi connectivity index (χ1) is 13.6. The van der Waals surface area contributed by atoms with Crippen LogP contribution in [0.5, 0.6) is 5.75 Å². The van der Waals surface area contributed by atoms with Gasteiger partial charge in [-0.1, -0.05) is 24.4 Å². The Hall–Kier alpha value is -2.60. The Morgan fingerprint density at radius 2 is 1.93 bits per heavy atom. The second-order valence-electron chi connectivity index (χ2n) is 7.05. The molecular formula is C21H23ClN4O2. The number of likely N-dealkylation sites (tertiary alicyclic amines) is 1. The highest BCUT2D eigenvalue weighted by molar-refractivity contribution is 6.33. The number of hydrogen-bond acceptors (Lipinski definition) is 4. The predicted molar refractivity (Wildman–Crippen MR) is 110 cm³/mol. The summed E-state index contributed by atoms with van der Waals surface area (Å²) in [6, 6.07) is 7.27. The third kappa shape index (κ3) is 3.33. The number of hydrogen-bond donors (Lipinski definition) is 0. The Balaban J connectivity index is 1.79. The summed E-state index contributed by atoms with van der Waals surface area (Å²) in [6.07, 6.45) is 6.13. The van der Waals surface area contributed by atoms with Gasteiger partial charge in [0.1, 0.15) is 17.1 Å². The molecule has 0 N–H and O–H groups in total. The SMILES string of the molecule is COc1cc(-n2c(C)nc3cccnc32)c(Cl)cc1C(=O)N1CCCCCC1. The number of halogens is 1. The van der Waals surface area contributed by atoms with E-state index in [0.29, 0.717) is 22.0 Å². The molecule has 1 aliphatic heterocycles. The van der Waals surface area contributed by atoms with Crippen LogP contribution in [0.2, 0.25) is 5.02 Å². The fraction of sp³-hybridized carbons (Fsp3) is 0.381. The van der Waals surface area contributed by atoms with Crippen molar-refractivity contribution in [2.75, 3.05) is 20.2 Å². The van der Waals surface area contributed by atoms with Crippen LogP contribution < -0.4 is 4.74 Å². The third-order valence-corrected chi connectivity index (χ3v) is 5.52. The van der Waals surface area contributed by atoms with Gasteiger partial charge in [0.05, 0.1) is 23.4 Å². The number of methoxy groups -OCH3 is 1. The average molecular weight is 399 g/mol. The summed E-state index contributed by atoms with van der Waals surface area (Å²) in [5, 5.41) is 0.465. The van der Waals surface area contributed by atoms with Crippen molar-refractivity contribution in [2.45, 2.75) is 32.6 Å². The number of amides is 1. The van der Waals surface area contributed by atoms with Crippen LogP contribution in [0.4, 0.5) is 0 Å². The van der Waals surface area contributed by atoms with Crippen molar-refractivity contribution in [2.24, 2.45) is 0 Å². The number of pyridine rings is 1. The van der Waals surface area contributed by atoms with Crippen molar-refractivity contribution in [3.63, 3.8) is 0 Å². The molecule has 0 unspecified atom stereocenters. The maximum atomic E-state index is 13.1. The standard InChI is InChI=1S/C21H23ClN4O2/c1-14-24-17-8-7-9-23-20(17)26(14)18-13-19(28-2)15(12-16(18)22)21(27)25-10-5-3-4-6-11-25/h7-9,12-13H,3-6,10-11H2,1-2H3. The predicted octanol–water partition coefficient (Wildman–Crippen LogP) is 4.41. The van der Waals surface area contributed by atoms with E-state index >= 15 is 0 Å². The zero-order valence-electron chi connectivity index (χ0n) is 16.1. The van der Waals surface area contributed by atoms with Gasteiger partial charge >= 0.3 is 0 Å². The second-order valence-corrected chi connectivity index (χ2v) is 7.46. The number of aryl methyl sites for hydroxylation is 1. The number of aromatic nitrogens is 3. The Kier molecular flexibility index (Phi) is 5.22. The lowest BCUT2D eigenvalue weighted by molar-refractivity contribution is 0.0758. The van der Waals surface area contributed by atoms with Gasteiger partial charge in [0.25, 0.3) is 5.91 Å². The fourth-order valence-corrected chi connectivity index (χ4v) is 4.06. The summed E-state index contributed by atoms with van der Waals surface area (Å²) in [5.74, 6) is 1.24. The molecular weight excluding hydrogens is 376 g/mol. The highest BCUT2D eigenvalue weighted by atomic mass is 35.5. The summed E-state index contributed by atoms with van der Waals surface area (Å²) in [5.41, 5.74) is 2.70. The van der Waals surface area contributed by atoms with Crippen LogP contribution in [0.1, 0.15) is 41.9 Å². The number of imidazole rings is 1. The van der Waals surface area contributed by atoms with Crippen LogP contribution in [-0.2, 0) is 0 Å². The molecule has 1 fully saturated rings. The lowest BCUT2D eigenvalue weighted by atomic mass is 10.1. The summed E-state index contributed by atoms with van der Waals surface area (Å²) in [4.78, 5) is 24.0. The molecule has 4 rings (SSSR count). The van der Waals surface area contributed by atoms with Crippen molar-refractivity contribution >= 4 is 28.7 Å². The van der Waals surface area contributed by atoms with Gasteiger partial charge in [-0.2, -0.15) is 0 Å². The molecule has 146 valence electrons. The van der Waals surface area contributed by atoms with Crippen LogP contribution >= 0.6 is 11.6 Å². The summed E-state index contributed by atoms with van der Waals surface area (Å²) < 4.78 is 7.46. The molecule has 2 aromatic heterocycles. The molecule has 0 spiro atoms. The largest absolute Gasteiger partial charge is 0.496 e. The summed E-state index contributed by atoms with van der Waals surface area (Å²) in [6.45, 7) is 3.45. The van der Waals surface area contributed by atoms with Crippen LogP contribution in [0.3, 0.4) is 0 Å². The minimum Gasteiger partial charge on any atom is -0.496 e. The third-order valence-electron chi connectivity index (χ3n) is 5.22. The molecule has 1 aliphatic rings. The Labute approximate surface area is 169 Å². The number of nitrogens with zero attached hydrogens (tertiary/aromatic N) is 4. The Morgan fingerprint density at radius 1 is 1.18 bits per heavy atom. The molecule has 1 amide bonds. The van der Waals surface area contributed by atoms with E-state index in [1.54, 1.807) is 25.4 Å². The first-order valence-electron chi connectivity index (χ1n) is 9.57. The molecule has 0 atom stereocenters. The molecule has 3 heterocycles. The Bertz CT molecular complexity index is 1020. The summed E-state index contributed by atoms with van der Waals surface area (Å²) >= 11 is 6.63. The quantitative estimate of drug-likeness (QED) is 0.655. The van der Waals surface area contributed by atoms with E-state index in [1.165, 1.54) is 12.8 Å². The van der Waals surface area contributed by atoms with Gasteiger partial charge in [0, 0.05) is 25.4 Å². The molecule has 0 radical (unpaired) electrons. The van der Waals surface area contributed by atoms with Gasteiger partial charge < -0.3 is 9.64 Å². The van der Waals surface area contributed by atoms with Crippen LogP contribution in [0, 0.1) is 6.92 Å². The summed E-state index contributed by atoms with van der Waals surface area (Å²) in [7, 11) is 1.57. The first-order valence-corrected chi connectivity index (χ1v) is 9.95. The smallest absolute Gasteiger partial charge is 0.257 e. The minimum absolute atomic E-state index is 0.0301. The maximum Gasteiger partial charge on any atom is 0.257 e. The average Bonchev–Trinajstić information content (AvgIpc) is 2.87. The van der Waals surface area contributed by atoms with Gasteiger partial charge in [-0.25, -0.2) is 9.97 Å². The van der Waals surface area contributed by atoms with Crippen molar-refractivity contribution in [3.8, 4) is 11.4 Å². The number of carbonyl (C=O) groups excluding carboxylic acids is 1. The first kappa shape index (κ1) is 18.7. The van der Waals surface area contributed by atoms with Gasteiger partial charge in [0.2, 0.25) is 0 Å². The van der Waals surface area contributed by atoms with E-state index in [-0.39, 0.29) is 5.91 Å². The van der Waals surface area contributed by atoms with Crippen molar-refractivity contribution in [3.05, 3.63) is 46.9 Å². The second kappa shape index (κ2) is 7.80. The number of fused-ring (bicyclic) bond motifs is 1. The topological polar surface area (TPSA) is 60.2 Å². The fourth-order valence-electron chi connectivity index (χ4n) is 3.81. The molecule has 1 saturated heterocycles. The number of carbonyl (C=O) groups is 1. The molecule has 0 saturated carbocycles. The van der Waals surface area contributed by atoms with Crippen molar-refractivity contribution in [1.82, 2.24) is 19.4 Å². The van der Waals surface area contributed by atoms with E-state index in [0.717, 1.165) is 42.9 Å². The van der Waals surface area contributed by atoms with Crippen molar-refractivity contribution in [1.29, 1.82) is 0 Å². The molecule has 1 aromatic carbocycles. The molecule has 7 heteroatoms. The molecule has 0 aliphatic carbocycles. The number of ether oxygens (including phenoxy) is 1. The highest BCUT2D eigenvalue weighted by Gasteiger charge is 2.24. The van der Waals surface area contributed by atoms with Gasteiger partial charge in [-0.05, 0) is 38.0 Å².